The van der Waals surface area contributed by atoms with Crippen molar-refractivity contribution in [2.24, 2.45) is 0 Å². The Morgan fingerprint density at radius 1 is 1.16 bits per heavy atom. The largest absolute Gasteiger partial charge is 0.356 e. The maximum absolute atomic E-state index is 15.0. The van der Waals surface area contributed by atoms with Gasteiger partial charge in [-0.2, -0.15) is 0 Å². The number of para-hydroxylation sites is 1. The van der Waals surface area contributed by atoms with Crippen LogP contribution in [0.5, 0.6) is 0 Å². The van der Waals surface area contributed by atoms with E-state index >= 15 is 4.39 Å². The number of aromatic amines is 1. The van der Waals surface area contributed by atoms with Gasteiger partial charge in [-0.15, -0.1) is 0 Å². The van der Waals surface area contributed by atoms with Gasteiger partial charge < -0.3 is 9.88 Å². The Kier molecular flexibility index (Phi) is 5.20. The number of rotatable bonds is 4. The number of hydrogen-bond acceptors (Lipinski definition) is 2. The van der Waals surface area contributed by atoms with E-state index in [4.69, 9.17) is 11.6 Å². The highest BCUT2D eigenvalue weighted by Gasteiger charge is 2.36. The standard InChI is InChI=1S/C25H21ClFN3O/c26-19-7-3-8-20(27)23(19)25-24-18(17-6-1-2-9-21(17)29-24)12-14-30(25)22(31)11-10-16-5-4-13-28-15-16/h1-9,13,15,25,29H,10-12,14H2/t25-/m0/s1. The fraction of sp³-hybridized carbons (Fsp3) is 0.200. The smallest absolute Gasteiger partial charge is 0.223 e. The number of benzene rings is 2. The van der Waals surface area contributed by atoms with Gasteiger partial charge in [0.15, 0.2) is 0 Å². The lowest BCUT2D eigenvalue weighted by atomic mass is 9.91. The molecule has 2 aromatic heterocycles. The molecule has 1 atom stereocenters. The summed E-state index contributed by atoms with van der Waals surface area (Å²) in [6, 6.07) is 15.9. The molecule has 156 valence electrons. The summed E-state index contributed by atoms with van der Waals surface area (Å²) >= 11 is 6.47. The van der Waals surface area contributed by atoms with Crippen molar-refractivity contribution < 1.29 is 9.18 Å². The quantitative estimate of drug-likeness (QED) is 0.464. The van der Waals surface area contributed by atoms with E-state index in [1.54, 1.807) is 29.4 Å². The predicted octanol–water partition coefficient (Wildman–Crippen LogP) is 5.46. The lowest BCUT2D eigenvalue weighted by Gasteiger charge is -2.37. The molecule has 0 saturated heterocycles. The van der Waals surface area contributed by atoms with E-state index in [1.165, 1.54) is 6.07 Å². The number of pyridine rings is 1. The van der Waals surface area contributed by atoms with Gasteiger partial charge in [-0.3, -0.25) is 9.78 Å². The van der Waals surface area contributed by atoms with E-state index in [1.807, 2.05) is 30.3 Å². The highest BCUT2D eigenvalue weighted by atomic mass is 35.5. The van der Waals surface area contributed by atoms with Gasteiger partial charge in [0.25, 0.3) is 0 Å². The predicted molar refractivity (Wildman–Crippen MR) is 120 cm³/mol. The number of H-pyrrole nitrogens is 1. The summed E-state index contributed by atoms with van der Waals surface area (Å²) in [4.78, 5) is 22.7. The second kappa shape index (κ2) is 8.16. The summed E-state index contributed by atoms with van der Waals surface area (Å²) in [6.45, 7) is 0.510. The Balaban J connectivity index is 1.57. The van der Waals surface area contributed by atoms with Crippen LogP contribution in [0.4, 0.5) is 4.39 Å². The first-order valence-corrected chi connectivity index (χ1v) is 10.7. The van der Waals surface area contributed by atoms with Gasteiger partial charge in [0, 0.05) is 52.5 Å². The van der Waals surface area contributed by atoms with E-state index in [0.717, 1.165) is 27.7 Å². The molecular formula is C25H21ClFN3O. The highest BCUT2D eigenvalue weighted by molar-refractivity contribution is 6.31. The fourth-order valence-electron chi connectivity index (χ4n) is 4.52. The number of fused-ring (bicyclic) bond motifs is 3. The molecule has 0 aliphatic carbocycles. The van der Waals surface area contributed by atoms with E-state index in [2.05, 4.69) is 16.0 Å². The summed E-state index contributed by atoms with van der Waals surface area (Å²) < 4.78 is 15.0. The van der Waals surface area contributed by atoms with E-state index in [-0.39, 0.29) is 5.91 Å². The van der Waals surface area contributed by atoms with Crippen molar-refractivity contribution in [3.05, 3.63) is 100 Å². The third-order valence-electron chi connectivity index (χ3n) is 5.98. The van der Waals surface area contributed by atoms with Gasteiger partial charge in [-0.1, -0.05) is 41.9 Å². The van der Waals surface area contributed by atoms with Crippen molar-refractivity contribution in [1.82, 2.24) is 14.9 Å². The second-order valence-electron chi connectivity index (χ2n) is 7.80. The molecule has 3 heterocycles. The van der Waals surface area contributed by atoms with Crippen LogP contribution < -0.4 is 0 Å². The highest BCUT2D eigenvalue weighted by Crippen LogP contribution is 2.41. The Hall–Kier alpha value is -3.18. The lowest BCUT2D eigenvalue weighted by molar-refractivity contribution is -0.133. The summed E-state index contributed by atoms with van der Waals surface area (Å²) in [7, 11) is 0. The first-order valence-electron chi connectivity index (χ1n) is 10.3. The molecule has 1 N–H and O–H groups in total. The number of nitrogens with one attached hydrogen (secondary N) is 1. The first kappa shape index (κ1) is 19.8. The van der Waals surface area contributed by atoms with Crippen LogP contribution in [0.3, 0.4) is 0 Å². The number of carbonyl (C=O) groups excluding carboxylic acids is 1. The van der Waals surface area contributed by atoms with Gasteiger partial charge in [-0.25, -0.2) is 4.39 Å². The fourth-order valence-corrected chi connectivity index (χ4v) is 4.79. The molecular weight excluding hydrogens is 413 g/mol. The van der Waals surface area contributed by atoms with E-state index in [9.17, 15) is 4.79 Å². The molecule has 0 saturated carbocycles. The van der Waals surface area contributed by atoms with Crippen LogP contribution in [0.25, 0.3) is 10.9 Å². The SMILES string of the molecule is O=C(CCc1cccnc1)N1CCc2c([nH]c3ccccc23)[C@@H]1c1c(F)cccc1Cl. The molecule has 2 aromatic carbocycles. The minimum absolute atomic E-state index is 0.0301. The molecule has 0 spiro atoms. The minimum atomic E-state index is -0.591. The molecule has 0 fully saturated rings. The van der Waals surface area contributed by atoms with Crippen molar-refractivity contribution in [2.75, 3.05) is 6.54 Å². The van der Waals surface area contributed by atoms with E-state index in [0.29, 0.717) is 36.4 Å². The first-order chi connectivity index (χ1) is 15.1. The molecule has 5 rings (SSSR count). The molecule has 31 heavy (non-hydrogen) atoms. The number of aryl methyl sites for hydroxylation is 1. The molecule has 0 radical (unpaired) electrons. The average molecular weight is 434 g/mol. The van der Waals surface area contributed by atoms with Crippen LogP contribution in [0.1, 0.15) is 34.8 Å². The molecule has 4 nitrogen and oxygen atoms in total. The number of aromatic nitrogens is 2. The van der Waals surface area contributed by atoms with Crippen molar-refractivity contribution in [2.45, 2.75) is 25.3 Å². The second-order valence-corrected chi connectivity index (χ2v) is 8.21. The maximum atomic E-state index is 15.0. The number of nitrogens with zero attached hydrogens (tertiary/aromatic N) is 2. The zero-order valence-electron chi connectivity index (χ0n) is 16.8. The van der Waals surface area contributed by atoms with Gasteiger partial charge in [0.05, 0.1) is 0 Å². The van der Waals surface area contributed by atoms with Gasteiger partial charge in [0.2, 0.25) is 5.91 Å². The Morgan fingerprint density at radius 3 is 2.84 bits per heavy atom. The van der Waals surface area contributed by atoms with Crippen molar-refractivity contribution in [3.63, 3.8) is 0 Å². The molecule has 6 heteroatoms. The third kappa shape index (κ3) is 3.59. The van der Waals surface area contributed by atoms with Crippen LogP contribution in [0.2, 0.25) is 5.02 Å². The van der Waals surface area contributed by atoms with Crippen LogP contribution >= 0.6 is 11.6 Å². The molecule has 4 aromatic rings. The van der Waals surface area contributed by atoms with Crippen LogP contribution in [0.15, 0.2) is 67.0 Å². The minimum Gasteiger partial charge on any atom is -0.356 e. The van der Waals surface area contributed by atoms with Crippen LogP contribution in [-0.2, 0) is 17.6 Å². The zero-order chi connectivity index (χ0) is 21.4. The number of hydrogen-bond donors (Lipinski definition) is 1. The number of carbonyl (C=O) groups is 1. The Labute approximate surface area is 184 Å². The summed E-state index contributed by atoms with van der Waals surface area (Å²) in [6.07, 6.45) is 5.10. The molecule has 1 amide bonds. The van der Waals surface area contributed by atoms with E-state index < -0.39 is 11.9 Å². The van der Waals surface area contributed by atoms with Crippen LogP contribution in [-0.4, -0.2) is 27.3 Å². The van der Waals surface area contributed by atoms with Crippen molar-refractivity contribution in [1.29, 1.82) is 0 Å². The monoisotopic (exact) mass is 433 g/mol. The van der Waals surface area contributed by atoms with Crippen molar-refractivity contribution in [3.8, 4) is 0 Å². The molecule has 1 aliphatic rings. The summed E-state index contributed by atoms with van der Waals surface area (Å²) in [5.74, 6) is -0.438. The zero-order valence-corrected chi connectivity index (χ0v) is 17.6. The maximum Gasteiger partial charge on any atom is 0.223 e. The summed E-state index contributed by atoms with van der Waals surface area (Å²) in [5, 5.41) is 1.43. The Morgan fingerprint density at radius 2 is 2.03 bits per heavy atom. The topological polar surface area (TPSA) is 49.0 Å². The van der Waals surface area contributed by atoms with Gasteiger partial charge in [0.1, 0.15) is 11.9 Å². The van der Waals surface area contributed by atoms with Crippen molar-refractivity contribution >= 4 is 28.4 Å². The third-order valence-corrected chi connectivity index (χ3v) is 6.31. The normalized spacial score (nSPS) is 15.8. The molecule has 1 aliphatic heterocycles. The van der Waals surface area contributed by atoms with Gasteiger partial charge in [-0.05, 0) is 48.2 Å². The van der Waals surface area contributed by atoms with Crippen LogP contribution in [0, 0.1) is 5.82 Å². The average Bonchev–Trinajstić information content (AvgIpc) is 3.17. The molecule has 0 unspecified atom stereocenters. The van der Waals surface area contributed by atoms with Gasteiger partial charge >= 0.3 is 0 Å². The number of halogens is 2. The Bertz CT molecular complexity index is 1230. The number of amides is 1. The molecule has 0 bridgehead atoms. The lowest BCUT2D eigenvalue weighted by Crippen LogP contribution is -2.41. The summed E-state index contributed by atoms with van der Waals surface area (Å²) in [5.41, 5.74) is 4.28.